The zero-order valence-electron chi connectivity index (χ0n) is 43.0. The second-order valence-corrected chi connectivity index (χ2v) is 24.0. The summed E-state index contributed by atoms with van der Waals surface area (Å²) in [5.74, 6) is 0.858. The summed E-state index contributed by atoms with van der Waals surface area (Å²) < 4.78 is 6.76. The minimum Gasteiger partial charge on any atom is -0.456 e. The van der Waals surface area contributed by atoms with Crippen LogP contribution in [0.15, 0.2) is 168 Å². The third kappa shape index (κ3) is 6.92. The molecule has 1 aromatic heterocycles. The van der Waals surface area contributed by atoms with Gasteiger partial charge >= 0.3 is 0 Å². The SMILES string of the molecule is Cc1cc2c3c(c1)N(c1cc(-c4ccc5c(c4)C(C)(C)c4ccccc4-5)cc(-c4cc5ccccc5o4)c1)c1ccc(C(C)(C)C)cc1B3c1cc(C(C)(C)C)ccc1N2c1ccc(C(C)(C)C)cc1. The molecule has 12 rings (SSSR count). The lowest BCUT2D eigenvalue weighted by molar-refractivity contribution is 0.590. The van der Waals surface area contributed by atoms with Crippen molar-refractivity contribution in [2.24, 2.45) is 0 Å². The van der Waals surface area contributed by atoms with Gasteiger partial charge in [0.15, 0.2) is 0 Å². The molecular weight excluding hydrogens is 848 g/mol. The lowest BCUT2D eigenvalue weighted by Crippen LogP contribution is -2.61. The van der Waals surface area contributed by atoms with Gasteiger partial charge in [0, 0.05) is 50.5 Å². The van der Waals surface area contributed by atoms with Crippen LogP contribution in [0.4, 0.5) is 34.1 Å². The van der Waals surface area contributed by atoms with E-state index in [1.54, 1.807) is 0 Å². The Morgan fingerprint density at radius 3 is 1.63 bits per heavy atom. The van der Waals surface area contributed by atoms with E-state index < -0.39 is 0 Å². The topological polar surface area (TPSA) is 19.6 Å². The van der Waals surface area contributed by atoms with Gasteiger partial charge in [-0.2, -0.15) is 0 Å². The molecule has 0 bridgehead atoms. The summed E-state index contributed by atoms with van der Waals surface area (Å²) >= 11 is 0. The van der Waals surface area contributed by atoms with Gasteiger partial charge in [-0.3, -0.25) is 0 Å². The minimum absolute atomic E-state index is 0.000138. The molecule has 0 unspecified atom stereocenters. The maximum absolute atomic E-state index is 6.76. The lowest BCUT2D eigenvalue weighted by atomic mass is 9.33. The molecule has 0 fully saturated rings. The van der Waals surface area contributed by atoms with Crippen molar-refractivity contribution in [3.05, 3.63) is 197 Å². The number of benzene rings is 8. The molecule has 3 nitrogen and oxygen atoms in total. The normalized spacial score (nSPS) is 14.6. The van der Waals surface area contributed by atoms with Crippen molar-refractivity contribution in [3.8, 4) is 33.6 Å². The molecule has 2 aliphatic heterocycles. The average Bonchev–Trinajstić information content (AvgIpc) is 3.86. The van der Waals surface area contributed by atoms with Crippen LogP contribution in [0.2, 0.25) is 0 Å². The van der Waals surface area contributed by atoms with Crippen LogP contribution < -0.4 is 26.2 Å². The van der Waals surface area contributed by atoms with Gasteiger partial charge in [0.05, 0.1) is 0 Å². The Balaban J connectivity index is 1.14. The summed E-state index contributed by atoms with van der Waals surface area (Å²) in [6.07, 6.45) is 0. The van der Waals surface area contributed by atoms with Gasteiger partial charge in [-0.05, 0) is 168 Å². The molecule has 1 aliphatic carbocycles. The highest BCUT2D eigenvalue weighted by molar-refractivity contribution is 7.00. The Morgan fingerprint density at radius 2 is 1.00 bits per heavy atom. The van der Waals surface area contributed by atoms with Gasteiger partial charge in [0.25, 0.3) is 6.71 Å². The first-order chi connectivity index (χ1) is 33.2. The van der Waals surface area contributed by atoms with Crippen LogP contribution in [0.25, 0.3) is 44.5 Å². The van der Waals surface area contributed by atoms with Crippen LogP contribution in [0.5, 0.6) is 0 Å². The zero-order chi connectivity index (χ0) is 48.8. The van der Waals surface area contributed by atoms with Gasteiger partial charge in [0.1, 0.15) is 11.3 Å². The second kappa shape index (κ2) is 15.2. The van der Waals surface area contributed by atoms with E-state index in [1.807, 2.05) is 0 Å². The minimum atomic E-state index is -0.130. The predicted octanol–water partition coefficient (Wildman–Crippen LogP) is 16.4. The first kappa shape index (κ1) is 44.2. The largest absolute Gasteiger partial charge is 0.456 e. The highest BCUT2D eigenvalue weighted by Crippen LogP contribution is 2.51. The van der Waals surface area contributed by atoms with E-state index in [-0.39, 0.29) is 28.4 Å². The molecule has 0 radical (unpaired) electrons. The molecule has 346 valence electrons. The third-order valence-electron chi connectivity index (χ3n) is 15.7. The monoisotopic (exact) mass is 911 g/mol. The van der Waals surface area contributed by atoms with Gasteiger partial charge in [0.2, 0.25) is 0 Å². The summed E-state index contributed by atoms with van der Waals surface area (Å²) in [5, 5.41) is 1.10. The molecule has 0 amide bonds. The third-order valence-corrected chi connectivity index (χ3v) is 15.7. The molecule has 3 heterocycles. The van der Waals surface area contributed by atoms with Crippen molar-refractivity contribution in [1.29, 1.82) is 0 Å². The number of fused-ring (bicyclic) bond motifs is 8. The molecular formula is C66H63BN2O. The van der Waals surface area contributed by atoms with Crippen LogP contribution in [0.1, 0.15) is 110 Å². The van der Waals surface area contributed by atoms with Crippen molar-refractivity contribution in [2.75, 3.05) is 9.80 Å². The quantitative estimate of drug-likeness (QED) is 0.164. The van der Waals surface area contributed by atoms with Gasteiger partial charge in [-0.25, -0.2) is 0 Å². The van der Waals surface area contributed by atoms with Crippen molar-refractivity contribution in [2.45, 2.75) is 105 Å². The van der Waals surface area contributed by atoms with Crippen molar-refractivity contribution in [3.63, 3.8) is 0 Å². The number of anilines is 6. The number of furan rings is 1. The smallest absolute Gasteiger partial charge is 0.252 e. The number of rotatable bonds is 4. The zero-order valence-corrected chi connectivity index (χ0v) is 43.0. The summed E-state index contributed by atoms with van der Waals surface area (Å²) in [7, 11) is 0. The Bertz CT molecular complexity index is 3570. The molecule has 0 saturated heterocycles. The van der Waals surface area contributed by atoms with Crippen LogP contribution in [-0.4, -0.2) is 6.71 Å². The molecule has 0 saturated carbocycles. The van der Waals surface area contributed by atoms with E-state index in [0.717, 1.165) is 33.5 Å². The molecule has 4 heteroatoms. The molecule has 8 aromatic carbocycles. The van der Waals surface area contributed by atoms with E-state index >= 15 is 0 Å². The fourth-order valence-corrected chi connectivity index (χ4v) is 11.8. The Kier molecular flexibility index (Phi) is 9.62. The van der Waals surface area contributed by atoms with Crippen LogP contribution in [0.3, 0.4) is 0 Å². The van der Waals surface area contributed by atoms with E-state index in [9.17, 15) is 0 Å². The lowest BCUT2D eigenvalue weighted by Gasteiger charge is -2.45. The molecule has 0 spiro atoms. The molecule has 70 heavy (non-hydrogen) atoms. The number of para-hydroxylation sites is 1. The Morgan fingerprint density at radius 1 is 0.443 bits per heavy atom. The molecule has 9 aromatic rings. The van der Waals surface area contributed by atoms with Crippen molar-refractivity contribution < 1.29 is 4.42 Å². The van der Waals surface area contributed by atoms with Crippen LogP contribution in [0, 0.1) is 6.92 Å². The Labute approximate surface area is 415 Å². The summed E-state index contributed by atoms with van der Waals surface area (Å²) in [6.45, 7) is 27.9. The molecule has 0 N–H and O–H groups in total. The fraction of sp³-hybridized carbons (Fsp3) is 0.242. The van der Waals surface area contributed by atoms with Gasteiger partial charge in [-0.1, -0.05) is 167 Å². The van der Waals surface area contributed by atoms with E-state index in [0.29, 0.717) is 0 Å². The first-order valence-corrected chi connectivity index (χ1v) is 25.3. The summed E-state index contributed by atoms with van der Waals surface area (Å²) in [6, 6.07) is 62.6. The second-order valence-electron chi connectivity index (χ2n) is 24.0. The fourth-order valence-electron chi connectivity index (χ4n) is 11.8. The van der Waals surface area contributed by atoms with E-state index in [1.165, 1.54) is 94.9 Å². The molecule has 3 aliphatic rings. The number of hydrogen-bond donors (Lipinski definition) is 0. The van der Waals surface area contributed by atoms with Crippen molar-refractivity contribution in [1.82, 2.24) is 0 Å². The highest BCUT2D eigenvalue weighted by Gasteiger charge is 2.45. The van der Waals surface area contributed by atoms with E-state index in [4.69, 9.17) is 4.42 Å². The highest BCUT2D eigenvalue weighted by atomic mass is 16.3. The van der Waals surface area contributed by atoms with Gasteiger partial charge in [-0.15, -0.1) is 0 Å². The van der Waals surface area contributed by atoms with E-state index in [2.05, 4.69) is 257 Å². The number of aryl methyl sites for hydroxylation is 1. The van der Waals surface area contributed by atoms with Gasteiger partial charge < -0.3 is 14.2 Å². The summed E-state index contributed by atoms with van der Waals surface area (Å²) in [4.78, 5) is 5.13. The maximum atomic E-state index is 6.76. The molecule has 0 atom stereocenters. The summed E-state index contributed by atoms with van der Waals surface area (Å²) in [5.41, 5.74) is 25.8. The Hall–Kier alpha value is -7.04. The van der Waals surface area contributed by atoms with Crippen LogP contribution >= 0.6 is 0 Å². The van der Waals surface area contributed by atoms with Crippen LogP contribution in [-0.2, 0) is 21.7 Å². The number of nitrogens with zero attached hydrogens (tertiary/aromatic N) is 2. The standard InChI is InChI=1S/C66H63BN2O/c1-40-31-58-62-59(32-40)69(49-34-43(33-44(35-49)61-37-42-17-13-16-20-60(42)70-61)41-21-28-51-50-18-14-15-19-52(50)66(11,12)53(51)36-41)57-30-25-47(65(8,9)10)39-55(57)67(62)54-38-46(64(5,6)7)24-29-56(54)68(58)48-26-22-45(23-27-48)63(2,3)4/h13-39H,1-12H3. The maximum Gasteiger partial charge on any atom is 0.252 e. The average molecular weight is 911 g/mol. The first-order valence-electron chi connectivity index (χ1n) is 25.3. The predicted molar refractivity (Wildman–Crippen MR) is 300 cm³/mol. The van der Waals surface area contributed by atoms with Crippen molar-refractivity contribution >= 4 is 68.2 Å². The number of hydrogen-bond acceptors (Lipinski definition) is 3.